The summed E-state index contributed by atoms with van der Waals surface area (Å²) in [4.78, 5) is 12.4. The van der Waals surface area contributed by atoms with Crippen molar-refractivity contribution in [2.24, 2.45) is 0 Å². The lowest BCUT2D eigenvalue weighted by molar-refractivity contribution is 0.102. The Morgan fingerprint density at radius 2 is 1.95 bits per heavy atom. The molecule has 1 amide bonds. The van der Waals surface area contributed by atoms with Crippen molar-refractivity contribution in [3.8, 4) is 5.75 Å². The van der Waals surface area contributed by atoms with Gasteiger partial charge in [0.25, 0.3) is 5.91 Å². The number of halogens is 1. The van der Waals surface area contributed by atoms with E-state index >= 15 is 0 Å². The summed E-state index contributed by atoms with van der Waals surface area (Å²) in [5.74, 6) is 0.495. The van der Waals surface area contributed by atoms with Gasteiger partial charge < -0.3 is 10.1 Å². The molecule has 1 N–H and O–H groups in total. The first-order valence-electron chi connectivity index (χ1n) is 6.24. The second kappa shape index (κ2) is 6.09. The molecule has 0 bridgehead atoms. The second-order valence-corrected chi connectivity index (χ2v) is 5.46. The molecule has 0 aliphatic heterocycles. The molecule has 2 aromatic rings. The molecular weight excluding hydrogens is 318 g/mol. The highest BCUT2D eigenvalue weighted by Crippen LogP contribution is 2.28. The molecule has 2 rings (SSSR count). The molecule has 4 heteroatoms. The fourth-order valence-electron chi connectivity index (χ4n) is 1.96. The molecule has 0 heterocycles. The van der Waals surface area contributed by atoms with Crippen LogP contribution < -0.4 is 10.1 Å². The fourth-order valence-corrected chi connectivity index (χ4v) is 2.33. The Bertz CT molecular complexity index is 653. The predicted octanol–water partition coefficient (Wildman–Crippen LogP) is 4.33. The lowest BCUT2D eigenvalue weighted by atomic mass is 10.0. The van der Waals surface area contributed by atoms with Gasteiger partial charge in [-0.25, -0.2) is 0 Å². The third-order valence-electron chi connectivity index (χ3n) is 3.26. The van der Waals surface area contributed by atoms with Crippen molar-refractivity contribution in [3.05, 3.63) is 57.6 Å². The average molecular weight is 334 g/mol. The SMILES string of the molecule is COc1ccc(Br)cc1NC(=O)c1cccc(C)c1C. The molecule has 20 heavy (non-hydrogen) atoms. The topological polar surface area (TPSA) is 38.3 Å². The maximum atomic E-state index is 12.4. The molecular formula is C16H16BrNO2. The number of hydrogen-bond acceptors (Lipinski definition) is 2. The predicted molar refractivity (Wildman–Crippen MR) is 84.6 cm³/mol. The van der Waals surface area contributed by atoms with Gasteiger partial charge in [0.1, 0.15) is 5.75 Å². The molecule has 0 radical (unpaired) electrons. The van der Waals surface area contributed by atoms with E-state index in [-0.39, 0.29) is 5.91 Å². The van der Waals surface area contributed by atoms with Crippen LogP contribution in [0.15, 0.2) is 40.9 Å². The summed E-state index contributed by atoms with van der Waals surface area (Å²) in [5, 5.41) is 2.89. The Balaban J connectivity index is 2.32. The molecule has 0 saturated heterocycles. The molecule has 104 valence electrons. The van der Waals surface area contributed by atoms with Crippen LogP contribution in [0.1, 0.15) is 21.5 Å². The highest BCUT2D eigenvalue weighted by Gasteiger charge is 2.13. The maximum absolute atomic E-state index is 12.4. The van der Waals surface area contributed by atoms with Crippen LogP contribution in [0, 0.1) is 13.8 Å². The molecule has 0 aromatic heterocycles. The van der Waals surface area contributed by atoms with Gasteiger partial charge in [0.05, 0.1) is 12.8 Å². The van der Waals surface area contributed by atoms with Crippen LogP contribution in [-0.4, -0.2) is 13.0 Å². The van der Waals surface area contributed by atoms with Crippen LogP contribution >= 0.6 is 15.9 Å². The lowest BCUT2D eigenvalue weighted by Crippen LogP contribution is -2.14. The van der Waals surface area contributed by atoms with Crippen molar-refractivity contribution in [3.63, 3.8) is 0 Å². The van der Waals surface area contributed by atoms with Crippen molar-refractivity contribution in [2.75, 3.05) is 12.4 Å². The van der Waals surface area contributed by atoms with Crippen molar-refractivity contribution in [1.29, 1.82) is 0 Å². The zero-order chi connectivity index (χ0) is 14.7. The van der Waals surface area contributed by atoms with Crippen molar-refractivity contribution < 1.29 is 9.53 Å². The number of carbonyl (C=O) groups is 1. The minimum atomic E-state index is -0.136. The van der Waals surface area contributed by atoms with Crippen LogP contribution in [0.5, 0.6) is 5.75 Å². The number of amides is 1. The van der Waals surface area contributed by atoms with E-state index in [0.29, 0.717) is 17.0 Å². The van der Waals surface area contributed by atoms with Gasteiger partial charge in [-0.1, -0.05) is 28.1 Å². The van der Waals surface area contributed by atoms with Gasteiger partial charge in [-0.05, 0) is 49.2 Å². The number of rotatable bonds is 3. The van der Waals surface area contributed by atoms with Crippen LogP contribution in [0.25, 0.3) is 0 Å². The Morgan fingerprint density at radius 1 is 1.20 bits per heavy atom. The summed E-state index contributed by atoms with van der Waals surface area (Å²) in [5.41, 5.74) is 3.40. The van der Waals surface area contributed by atoms with Crippen LogP contribution in [-0.2, 0) is 0 Å². The molecule has 0 unspecified atom stereocenters. The molecule has 0 fully saturated rings. The van der Waals surface area contributed by atoms with E-state index in [9.17, 15) is 4.79 Å². The Labute approximate surface area is 127 Å². The van der Waals surface area contributed by atoms with E-state index in [0.717, 1.165) is 15.6 Å². The molecule has 2 aromatic carbocycles. The van der Waals surface area contributed by atoms with Crippen molar-refractivity contribution in [2.45, 2.75) is 13.8 Å². The average Bonchev–Trinajstić information content (AvgIpc) is 2.42. The third kappa shape index (κ3) is 3.02. The van der Waals surface area contributed by atoms with E-state index in [1.165, 1.54) is 0 Å². The first-order valence-corrected chi connectivity index (χ1v) is 7.03. The zero-order valence-electron chi connectivity index (χ0n) is 11.7. The minimum absolute atomic E-state index is 0.136. The van der Waals surface area contributed by atoms with Crippen LogP contribution in [0.4, 0.5) is 5.69 Å². The monoisotopic (exact) mass is 333 g/mol. The number of aryl methyl sites for hydroxylation is 1. The van der Waals surface area contributed by atoms with Gasteiger partial charge in [0.15, 0.2) is 0 Å². The van der Waals surface area contributed by atoms with E-state index in [2.05, 4.69) is 21.2 Å². The molecule has 3 nitrogen and oxygen atoms in total. The molecule has 0 atom stereocenters. The Hall–Kier alpha value is -1.81. The number of nitrogens with one attached hydrogen (secondary N) is 1. The summed E-state index contributed by atoms with van der Waals surface area (Å²) in [6, 6.07) is 11.2. The summed E-state index contributed by atoms with van der Waals surface area (Å²) >= 11 is 3.39. The van der Waals surface area contributed by atoms with E-state index in [4.69, 9.17) is 4.74 Å². The smallest absolute Gasteiger partial charge is 0.256 e. The fraction of sp³-hybridized carbons (Fsp3) is 0.188. The highest BCUT2D eigenvalue weighted by atomic mass is 79.9. The van der Waals surface area contributed by atoms with Gasteiger partial charge in [0.2, 0.25) is 0 Å². The van der Waals surface area contributed by atoms with E-state index in [1.807, 2.05) is 50.2 Å². The van der Waals surface area contributed by atoms with Gasteiger partial charge >= 0.3 is 0 Å². The maximum Gasteiger partial charge on any atom is 0.256 e. The van der Waals surface area contributed by atoms with Gasteiger partial charge in [0, 0.05) is 10.0 Å². The quantitative estimate of drug-likeness (QED) is 0.907. The van der Waals surface area contributed by atoms with Crippen LogP contribution in [0.3, 0.4) is 0 Å². The summed E-state index contributed by atoms with van der Waals surface area (Å²) in [6.07, 6.45) is 0. The number of benzene rings is 2. The normalized spacial score (nSPS) is 10.2. The van der Waals surface area contributed by atoms with Crippen molar-refractivity contribution >= 4 is 27.5 Å². The third-order valence-corrected chi connectivity index (χ3v) is 3.75. The molecule has 0 aliphatic carbocycles. The largest absolute Gasteiger partial charge is 0.495 e. The molecule has 0 spiro atoms. The number of anilines is 1. The second-order valence-electron chi connectivity index (χ2n) is 4.55. The summed E-state index contributed by atoms with van der Waals surface area (Å²) in [7, 11) is 1.58. The first kappa shape index (κ1) is 14.6. The standard InChI is InChI=1S/C16H16BrNO2/c1-10-5-4-6-13(11(10)2)16(19)18-14-9-12(17)7-8-15(14)20-3/h4-9H,1-3H3,(H,18,19). The summed E-state index contributed by atoms with van der Waals surface area (Å²) < 4.78 is 6.14. The van der Waals surface area contributed by atoms with Gasteiger partial charge in [-0.2, -0.15) is 0 Å². The van der Waals surface area contributed by atoms with E-state index in [1.54, 1.807) is 7.11 Å². The Morgan fingerprint density at radius 3 is 2.65 bits per heavy atom. The van der Waals surface area contributed by atoms with Crippen molar-refractivity contribution in [1.82, 2.24) is 0 Å². The number of hydrogen-bond donors (Lipinski definition) is 1. The van der Waals surface area contributed by atoms with Crippen LogP contribution in [0.2, 0.25) is 0 Å². The molecule has 0 saturated carbocycles. The lowest BCUT2D eigenvalue weighted by Gasteiger charge is -2.12. The summed E-state index contributed by atoms with van der Waals surface area (Å²) in [6.45, 7) is 3.94. The van der Waals surface area contributed by atoms with Gasteiger partial charge in [-0.3, -0.25) is 4.79 Å². The van der Waals surface area contributed by atoms with E-state index < -0.39 is 0 Å². The first-order chi connectivity index (χ1) is 9.52. The zero-order valence-corrected chi connectivity index (χ0v) is 13.2. The molecule has 0 aliphatic rings. The Kier molecular flexibility index (Phi) is 4.45. The number of ether oxygens (including phenoxy) is 1. The minimum Gasteiger partial charge on any atom is -0.495 e. The number of carbonyl (C=O) groups excluding carboxylic acids is 1. The highest BCUT2D eigenvalue weighted by molar-refractivity contribution is 9.10. The number of methoxy groups -OCH3 is 1. The van der Waals surface area contributed by atoms with Gasteiger partial charge in [-0.15, -0.1) is 0 Å².